The van der Waals surface area contributed by atoms with Gasteiger partial charge < -0.3 is 26.0 Å². The van der Waals surface area contributed by atoms with Crippen LogP contribution in [0.15, 0.2) is 24.4 Å². The number of amides is 2. The Morgan fingerprint density at radius 1 is 1.06 bits per heavy atom. The van der Waals surface area contributed by atoms with Crippen LogP contribution in [0.25, 0.3) is 0 Å². The highest BCUT2D eigenvalue weighted by Crippen LogP contribution is 2.23. The van der Waals surface area contributed by atoms with E-state index < -0.39 is 29.8 Å². The summed E-state index contributed by atoms with van der Waals surface area (Å²) in [6, 6.07) is 3.10. The second-order valence-corrected chi connectivity index (χ2v) is 8.32. The topological polar surface area (TPSA) is 119 Å². The molecular formula is C22H27F5N6O3. The Bertz CT molecular complexity index is 1060. The fourth-order valence-corrected chi connectivity index (χ4v) is 3.45. The minimum Gasteiger partial charge on any atom is -0.475 e. The smallest absolute Gasteiger partial charge is 0.475 e. The quantitative estimate of drug-likeness (QED) is 0.436. The molecule has 3 rings (SSSR count). The van der Waals surface area contributed by atoms with Crippen molar-refractivity contribution < 1.29 is 36.6 Å². The molecule has 9 nitrogen and oxygen atoms in total. The van der Waals surface area contributed by atoms with E-state index >= 15 is 0 Å². The largest absolute Gasteiger partial charge is 0.490 e. The molecule has 36 heavy (non-hydrogen) atoms. The van der Waals surface area contributed by atoms with Crippen LogP contribution < -0.4 is 20.9 Å². The average molecular weight is 518 g/mol. The molecule has 1 aromatic heterocycles. The van der Waals surface area contributed by atoms with Crippen molar-refractivity contribution in [2.45, 2.75) is 50.9 Å². The van der Waals surface area contributed by atoms with Crippen LogP contribution in [0.4, 0.5) is 44.2 Å². The number of aryl methyl sites for hydroxylation is 1. The fourth-order valence-electron chi connectivity index (χ4n) is 3.45. The Labute approximate surface area is 204 Å². The first-order chi connectivity index (χ1) is 16.8. The van der Waals surface area contributed by atoms with E-state index in [1.807, 2.05) is 25.9 Å². The summed E-state index contributed by atoms with van der Waals surface area (Å²) in [5, 5.41) is 15.9. The Balaban J connectivity index is 0.000000572. The number of anilines is 3. The van der Waals surface area contributed by atoms with Gasteiger partial charge in [-0.2, -0.15) is 18.2 Å². The molecule has 1 saturated carbocycles. The third-order valence-electron chi connectivity index (χ3n) is 5.18. The number of nitrogens with zero attached hydrogens (tertiary/aromatic N) is 3. The van der Waals surface area contributed by atoms with Gasteiger partial charge in [-0.3, -0.25) is 0 Å². The van der Waals surface area contributed by atoms with Crippen molar-refractivity contribution in [3.8, 4) is 0 Å². The number of halogens is 5. The molecule has 4 N–H and O–H groups in total. The molecule has 0 spiro atoms. The zero-order valence-electron chi connectivity index (χ0n) is 19.8. The lowest BCUT2D eigenvalue weighted by atomic mass is 9.91. The van der Waals surface area contributed by atoms with Gasteiger partial charge in [-0.1, -0.05) is 0 Å². The van der Waals surface area contributed by atoms with Gasteiger partial charge in [0.1, 0.15) is 5.82 Å². The van der Waals surface area contributed by atoms with Gasteiger partial charge in [-0.05, 0) is 44.7 Å². The van der Waals surface area contributed by atoms with Crippen molar-refractivity contribution in [3.63, 3.8) is 0 Å². The number of carboxylic acid groups (broad SMARTS) is 1. The molecule has 2 aromatic rings. The molecule has 0 atom stereocenters. The first-order valence-corrected chi connectivity index (χ1v) is 10.9. The van der Waals surface area contributed by atoms with Gasteiger partial charge >= 0.3 is 18.2 Å². The number of benzene rings is 1. The van der Waals surface area contributed by atoms with Crippen LogP contribution in [-0.2, 0) is 4.79 Å². The van der Waals surface area contributed by atoms with Crippen molar-refractivity contribution in [3.05, 3.63) is 41.6 Å². The number of hydrogen-bond acceptors (Lipinski definition) is 6. The van der Waals surface area contributed by atoms with Crippen LogP contribution in [0.5, 0.6) is 0 Å². The van der Waals surface area contributed by atoms with Gasteiger partial charge in [0.25, 0.3) is 0 Å². The van der Waals surface area contributed by atoms with Gasteiger partial charge in [0.2, 0.25) is 5.95 Å². The highest BCUT2D eigenvalue weighted by atomic mass is 19.4. The van der Waals surface area contributed by atoms with Gasteiger partial charge in [0.15, 0.2) is 11.6 Å². The minimum atomic E-state index is -5.08. The molecular weight excluding hydrogens is 491 g/mol. The summed E-state index contributed by atoms with van der Waals surface area (Å²) in [6.07, 6.45) is 0.0559. The summed E-state index contributed by atoms with van der Waals surface area (Å²) in [4.78, 5) is 31.9. The average Bonchev–Trinajstić information content (AvgIpc) is 2.78. The fraction of sp³-hybridized carbons (Fsp3) is 0.455. The maximum Gasteiger partial charge on any atom is 0.490 e. The molecule has 0 bridgehead atoms. The highest BCUT2D eigenvalue weighted by Gasteiger charge is 2.38. The summed E-state index contributed by atoms with van der Waals surface area (Å²) in [7, 11) is 3.89. The molecule has 1 fully saturated rings. The molecule has 0 saturated heterocycles. The predicted molar refractivity (Wildman–Crippen MR) is 123 cm³/mol. The Kier molecular flexibility index (Phi) is 9.76. The number of nitrogens with one attached hydrogen (secondary N) is 3. The van der Waals surface area contributed by atoms with Crippen molar-refractivity contribution in [1.82, 2.24) is 15.3 Å². The van der Waals surface area contributed by atoms with E-state index in [2.05, 4.69) is 25.9 Å². The molecule has 0 unspecified atom stereocenters. The zero-order chi connectivity index (χ0) is 27.0. The molecule has 0 radical (unpaired) electrons. The second-order valence-electron chi connectivity index (χ2n) is 8.32. The zero-order valence-corrected chi connectivity index (χ0v) is 19.8. The first kappa shape index (κ1) is 28.5. The van der Waals surface area contributed by atoms with Crippen LogP contribution in [0.1, 0.15) is 31.2 Å². The minimum absolute atomic E-state index is 0.0228. The first-order valence-electron chi connectivity index (χ1n) is 10.9. The number of aliphatic carboxylic acids is 1. The number of urea groups is 1. The molecule has 2 amide bonds. The van der Waals surface area contributed by atoms with Crippen LogP contribution >= 0.6 is 0 Å². The normalized spacial score (nSPS) is 17.3. The Morgan fingerprint density at radius 2 is 1.64 bits per heavy atom. The highest BCUT2D eigenvalue weighted by molar-refractivity contribution is 5.89. The molecule has 198 valence electrons. The SMILES string of the molecule is Cc1cnc(NC2CCC(NC(=O)Nc3ccc(F)c(F)c3)CC2)nc1N(C)C.O=C(O)C(F)(F)F. The van der Waals surface area contributed by atoms with Gasteiger partial charge in [-0.15, -0.1) is 0 Å². The van der Waals surface area contributed by atoms with Crippen LogP contribution in [0.2, 0.25) is 0 Å². The number of aromatic nitrogens is 2. The summed E-state index contributed by atoms with van der Waals surface area (Å²) in [5.74, 6) is -3.21. The van der Waals surface area contributed by atoms with Crippen LogP contribution in [-0.4, -0.2) is 59.4 Å². The summed E-state index contributed by atoms with van der Waals surface area (Å²) in [6.45, 7) is 1.97. The molecule has 14 heteroatoms. The van der Waals surface area contributed by atoms with E-state index in [-0.39, 0.29) is 17.8 Å². The number of alkyl halides is 3. The molecule has 1 aromatic carbocycles. The number of carbonyl (C=O) groups is 2. The van der Waals surface area contributed by atoms with Crippen LogP contribution in [0, 0.1) is 18.6 Å². The Morgan fingerprint density at radius 3 is 2.17 bits per heavy atom. The summed E-state index contributed by atoms with van der Waals surface area (Å²) in [5.41, 5.74) is 1.23. The van der Waals surface area contributed by atoms with Gasteiger partial charge in [-0.25, -0.2) is 23.4 Å². The standard InChI is InChI=1S/C20H26F2N6O.C2HF3O2/c1-12-11-23-19(27-18(12)28(2)3)24-13-4-6-14(7-5-13)25-20(29)26-15-8-9-16(21)17(22)10-15;3-2(4,5)1(6)7/h8-11,13-14H,4-7H2,1-3H3,(H,23,24,27)(H2,25,26,29);(H,6,7). The second kappa shape index (κ2) is 12.3. The van der Waals surface area contributed by atoms with Crippen molar-refractivity contribution in [1.29, 1.82) is 0 Å². The lowest BCUT2D eigenvalue weighted by Crippen LogP contribution is -2.42. The van der Waals surface area contributed by atoms with E-state index in [1.165, 1.54) is 6.07 Å². The number of hydrogen-bond donors (Lipinski definition) is 4. The lowest BCUT2D eigenvalue weighted by molar-refractivity contribution is -0.192. The predicted octanol–water partition coefficient (Wildman–Crippen LogP) is 4.31. The Hall–Kier alpha value is -3.71. The summed E-state index contributed by atoms with van der Waals surface area (Å²) < 4.78 is 57.9. The van der Waals surface area contributed by atoms with E-state index in [0.29, 0.717) is 5.95 Å². The van der Waals surface area contributed by atoms with Gasteiger partial charge in [0.05, 0.1) is 0 Å². The molecule has 1 heterocycles. The maximum absolute atomic E-state index is 13.2. The van der Waals surface area contributed by atoms with Crippen LogP contribution in [0.3, 0.4) is 0 Å². The maximum atomic E-state index is 13.2. The number of carbonyl (C=O) groups excluding carboxylic acids is 1. The summed E-state index contributed by atoms with van der Waals surface area (Å²) >= 11 is 0. The third kappa shape index (κ3) is 8.82. The van der Waals surface area contributed by atoms with E-state index in [4.69, 9.17) is 9.90 Å². The number of carboxylic acids is 1. The number of rotatable bonds is 5. The van der Waals surface area contributed by atoms with Crippen molar-refractivity contribution in [2.75, 3.05) is 29.6 Å². The van der Waals surface area contributed by atoms with Crippen molar-refractivity contribution in [2.24, 2.45) is 0 Å². The molecule has 1 aliphatic carbocycles. The monoisotopic (exact) mass is 518 g/mol. The third-order valence-corrected chi connectivity index (χ3v) is 5.18. The lowest BCUT2D eigenvalue weighted by Gasteiger charge is -2.30. The van der Waals surface area contributed by atoms with E-state index in [0.717, 1.165) is 49.2 Å². The van der Waals surface area contributed by atoms with E-state index in [1.54, 1.807) is 6.20 Å². The molecule has 1 aliphatic rings. The van der Waals surface area contributed by atoms with Crippen molar-refractivity contribution >= 4 is 29.5 Å². The van der Waals surface area contributed by atoms with Gasteiger partial charge in [0, 0.05) is 49.7 Å². The van der Waals surface area contributed by atoms with E-state index in [9.17, 15) is 26.7 Å². The molecule has 0 aliphatic heterocycles.